The summed E-state index contributed by atoms with van der Waals surface area (Å²) in [5.74, 6) is 0.109. The van der Waals surface area contributed by atoms with Gasteiger partial charge in [-0.1, -0.05) is 34.6 Å². The third kappa shape index (κ3) is 2.57. The van der Waals surface area contributed by atoms with Gasteiger partial charge in [-0.05, 0) is 24.7 Å². The molecule has 0 amide bonds. The molecular weight excluding hydrogens is 301 g/mol. The molecule has 0 bridgehead atoms. The van der Waals surface area contributed by atoms with E-state index < -0.39 is 0 Å². The second-order valence-corrected chi connectivity index (χ2v) is 7.06. The zero-order valence-electron chi connectivity index (χ0n) is 10.9. The molecule has 0 aromatic carbocycles. The molecule has 3 nitrogen and oxygen atoms in total. The summed E-state index contributed by atoms with van der Waals surface area (Å²) in [7, 11) is 0. The molecule has 0 aliphatic heterocycles. The van der Waals surface area contributed by atoms with Crippen molar-refractivity contribution in [2.75, 3.05) is 0 Å². The Morgan fingerprint density at radius 3 is 1.60 bits per heavy atom. The van der Waals surface area contributed by atoms with E-state index in [4.69, 9.17) is 11.1 Å². The predicted octanol–water partition coefficient (Wildman–Crippen LogP) is 3.38. The van der Waals surface area contributed by atoms with Crippen molar-refractivity contribution in [1.29, 1.82) is 5.41 Å². The van der Waals surface area contributed by atoms with Gasteiger partial charge in [0.25, 0.3) is 0 Å². The molecule has 0 aromatic rings. The summed E-state index contributed by atoms with van der Waals surface area (Å²) in [6, 6.07) is 0. The Balaban J connectivity index is 5.28. The van der Waals surface area contributed by atoms with Crippen LogP contribution in [0.25, 0.3) is 0 Å². The van der Waals surface area contributed by atoms with Crippen molar-refractivity contribution in [3.05, 3.63) is 0 Å². The molecule has 0 fully saturated rings. The number of hydrogen-bond acceptors (Lipinski definition) is 1. The Morgan fingerprint density at radius 1 is 1.07 bits per heavy atom. The molecule has 0 aromatic heterocycles. The van der Waals surface area contributed by atoms with Crippen molar-refractivity contribution in [3.63, 3.8) is 0 Å². The molecular formula is C11H24IN3. The standard InChI is InChI=1S/C11H24IN3/c1-9(2,3)10(4,5)11(6,7)15(12)8(13)14/h1-7H3,(H3,13,14). The van der Waals surface area contributed by atoms with E-state index in [0.29, 0.717) is 0 Å². The van der Waals surface area contributed by atoms with Crippen molar-refractivity contribution in [1.82, 2.24) is 3.11 Å². The molecule has 15 heavy (non-hydrogen) atoms. The van der Waals surface area contributed by atoms with Crippen molar-refractivity contribution in [2.24, 2.45) is 16.6 Å². The number of nitrogens with two attached hydrogens (primary N) is 1. The first-order valence-corrected chi connectivity index (χ1v) is 6.12. The molecule has 4 heteroatoms. The van der Waals surface area contributed by atoms with E-state index in [-0.39, 0.29) is 22.3 Å². The molecule has 0 aliphatic rings. The fraction of sp³-hybridized carbons (Fsp3) is 0.909. The average molecular weight is 325 g/mol. The molecule has 0 spiro atoms. The van der Waals surface area contributed by atoms with Crippen LogP contribution in [0.2, 0.25) is 0 Å². The summed E-state index contributed by atoms with van der Waals surface area (Å²) < 4.78 is 1.82. The van der Waals surface area contributed by atoms with Gasteiger partial charge >= 0.3 is 0 Å². The van der Waals surface area contributed by atoms with E-state index in [9.17, 15) is 0 Å². The van der Waals surface area contributed by atoms with Crippen molar-refractivity contribution in [3.8, 4) is 0 Å². The summed E-state index contributed by atoms with van der Waals surface area (Å²) in [4.78, 5) is 0. The Kier molecular flexibility index (Phi) is 4.11. The summed E-state index contributed by atoms with van der Waals surface area (Å²) in [6.45, 7) is 15.4. The van der Waals surface area contributed by atoms with Crippen LogP contribution < -0.4 is 5.73 Å². The number of rotatable bonds is 2. The minimum atomic E-state index is -0.169. The number of halogens is 1. The van der Waals surface area contributed by atoms with Gasteiger partial charge in [0.15, 0.2) is 5.96 Å². The van der Waals surface area contributed by atoms with Gasteiger partial charge in [0.05, 0.1) is 28.4 Å². The topological polar surface area (TPSA) is 53.1 Å². The molecule has 3 N–H and O–H groups in total. The third-order valence-corrected chi connectivity index (χ3v) is 5.83. The lowest BCUT2D eigenvalue weighted by molar-refractivity contribution is 0.0141. The second kappa shape index (κ2) is 4.11. The quantitative estimate of drug-likeness (QED) is 0.354. The minimum absolute atomic E-state index is 0.0346. The predicted molar refractivity (Wildman–Crippen MR) is 75.1 cm³/mol. The van der Waals surface area contributed by atoms with Gasteiger partial charge in [-0.2, -0.15) is 0 Å². The molecule has 0 rings (SSSR count). The molecule has 0 radical (unpaired) electrons. The molecule has 0 atom stereocenters. The number of guanidine groups is 1. The molecule has 0 heterocycles. The van der Waals surface area contributed by atoms with Crippen LogP contribution in [0.3, 0.4) is 0 Å². The highest BCUT2D eigenvalue weighted by Gasteiger charge is 2.48. The second-order valence-electron chi connectivity index (χ2n) is 6.10. The zero-order chi connectivity index (χ0) is 12.7. The van der Waals surface area contributed by atoms with Crippen molar-refractivity contribution >= 4 is 28.8 Å². The third-order valence-electron chi connectivity index (χ3n) is 4.11. The summed E-state index contributed by atoms with van der Waals surface area (Å²) >= 11 is 2.12. The van der Waals surface area contributed by atoms with Crippen LogP contribution in [-0.4, -0.2) is 14.6 Å². The van der Waals surface area contributed by atoms with E-state index in [1.807, 2.05) is 3.11 Å². The van der Waals surface area contributed by atoms with Crippen molar-refractivity contribution in [2.45, 2.75) is 54.0 Å². The van der Waals surface area contributed by atoms with Crippen LogP contribution in [0.5, 0.6) is 0 Å². The Bertz CT molecular complexity index is 251. The van der Waals surface area contributed by atoms with Gasteiger partial charge in [0, 0.05) is 0 Å². The fourth-order valence-electron chi connectivity index (χ4n) is 1.46. The van der Waals surface area contributed by atoms with Crippen LogP contribution in [0, 0.1) is 16.2 Å². The minimum Gasteiger partial charge on any atom is -0.369 e. The van der Waals surface area contributed by atoms with Gasteiger partial charge < -0.3 is 5.73 Å². The monoisotopic (exact) mass is 325 g/mol. The average Bonchev–Trinajstić information content (AvgIpc) is 2.00. The van der Waals surface area contributed by atoms with Gasteiger partial charge in [-0.3, -0.25) is 8.52 Å². The van der Waals surface area contributed by atoms with Gasteiger partial charge in [0.2, 0.25) is 0 Å². The normalized spacial score (nSPS) is 13.9. The maximum absolute atomic E-state index is 7.54. The number of nitrogens with one attached hydrogen (secondary N) is 1. The molecule has 90 valence electrons. The first kappa shape index (κ1) is 15.0. The first-order chi connectivity index (χ1) is 6.35. The maximum atomic E-state index is 7.54. The molecule has 0 aliphatic carbocycles. The van der Waals surface area contributed by atoms with Crippen LogP contribution >= 0.6 is 22.9 Å². The largest absolute Gasteiger partial charge is 0.369 e. The highest BCUT2D eigenvalue weighted by atomic mass is 127. The van der Waals surface area contributed by atoms with Crippen LogP contribution in [-0.2, 0) is 0 Å². The number of nitrogens with zero attached hydrogens (tertiary/aromatic N) is 1. The number of hydrogen-bond donors (Lipinski definition) is 2. The first-order valence-electron chi connectivity index (χ1n) is 5.15. The smallest absolute Gasteiger partial charge is 0.197 e. The zero-order valence-corrected chi connectivity index (χ0v) is 13.1. The van der Waals surface area contributed by atoms with Gasteiger partial charge in [-0.25, -0.2) is 0 Å². The highest BCUT2D eigenvalue weighted by Crippen LogP contribution is 2.49. The van der Waals surface area contributed by atoms with Gasteiger partial charge in [-0.15, -0.1) is 0 Å². The molecule has 0 saturated heterocycles. The molecule has 0 saturated carbocycles. The van der Waals surface area contributed by atoms with E-state index >= 15 is 0 Å². The Morgan fingerprint density at radius 2 is 1.40 bits per heavy atom. The molecule has 0 unspecified atom stereocenters. The van der Waals surface area contributed by atoms with E-state index in [1.54, 1.807) is 0 Å². The lowest BCUT2D eigenvalue weighted by atomic mass is 9.59. The lowest BCUT2D eigenvalue weighted by Gasteiger charge is -2.53. The highest BCUT2D eigenvalue weighted by molar-refractivity contribution is 14.1. The maximum Gasteiger partial charge on any atom is 0.197 e. The van der Waals surface area contributed by atoms with Crippen LogP contribution in [0.4, 0.5) is 0 Å². The van der Waals surface area contributed by atoms with E-state index in [2.05, 4.69) is 71.3 Å². The lowest BCUT2D eigenvalue weighted by Crippen LogP contribution is -2.58. The summed E-state index contributed by atoms with van der Waals surface area (Å²) in [5.41, 5.74) is 5.58. The fourth-order valence-corrected chi connectivity index (χ4v) is 2.07. The SMILES string of the molecule is CC(C)(C)C(C)(C)C(C)(C)N(I)C(=N)N. The van der Waals surface area contributed by atoms with E-state index in [1.165, 1.54) is 0 Å². The van der Waals surface area contributed by atoms with Crippen molar-refractivity contribution < 1.29 is 0 Å². The summed E-state index contributed by atoms with van der Waals surface area (Å²) in [6.07, 6.45) is 0. The Hall–Kier alpha value is 0. The van der Waals surface area contributed by atoms with Crippen LogP contribution in [0.15, 0.2) is 0 Å². The Labute approximate surface area is 108 Å². The van der Waals surface area contributed by atoms with E-state index in [0.717, 1.165) is 0 Å². The van der Waals surface area contributed by atoms with Gasteiger partial charge in [0.1, 0.15) is 0 Å². The summed E-state index contributed by atoms with van der Waals surface area (Å²) in [5, 5.41) is 7.54. The van der Waals surface area contributed by atoms with Crippen LogP contribution in [0.1, 0.15) is 48.5 Å².